The summed E-state index contributed by atoms with van der Waals surface area (Å²) in [5.41, 5.74) is 0.836. The van der Waals surface area contributed by atoms with Crippen molar-refractivity contribution < 1.29 is 9.53 Å². The fraction of sp³-hybridized carbons (Fsp3) is 0.700. The number of amides is 1. The second kappa shape index (κ2) is 7.31. The van der Waals surface area contributed by atoms with Crippen LogP contribution in [-0.2, 0) is 16.6 Å². The van der Waals surface area contributed by atoms with Gasteiger partial charge in [0.2, 0.25) is 5.91 Å². The lowest BCUT2D eigenvalue weighted by Gasteiger charge is -2.40. The molecule has 0 saturated carbocycles. The Morgan fingerprint density at radius 2 is 2.07 bits per heavy atom. The van der Waals surface area contributed by atoms with Gasteiger partial charge in [0.15, 0.2) is 5.65 Å². The van der Waals surface area contributed by atoms with Gasteiger partial charge in [-0.3, -0.25) is 9.48 Å². The van der Waals surface area contributed by atoms with E-state index in [9.17, 15) is 4.79 Å². The van der Waals surface area contributed by atoms with Gasteiger partial charge in [0, 0.05) is 39.5 Å². The Balaban J connectivity index is 1.49. The highest BCUT2D eigenvalue weighted by Gasteiger charge is 2.42. The molecule has 0 radical (unpaired) electrons. The van der Waals surface area contributed by atoms with Gasteiger partial charge in [-0.1, -0.05) is 13.8 Å². The van der Waals surface area contributed by atoms with E-state index in [1.165, 1.54) is 0 Å². The van der Waals surface area contributed by atoms with Crippen LogP contribution in [-0.4, -0.2) is 57.0 Å². The van der Waals surface area contributed by atoms with E-state index >= 15 is 0 Å². The van der Waals surface area contributed by atoms with E-state index in [4.69, 9.17) is 14.7 Å². The van der Waals surface area contributed by atoms with Crippen LogP contribution in [0.25, 0.3) is 11.0 Å². The molecule has 0 bridgehead atoms. The van der Waals surface area contributed by atoms with Crippen LogP contribution < -0.4 is 10.2 Å². The molecular formula is C20H30N6O2. The summed E-state index contributed by atoms with van der Waals surface area (Å²) in [4.78, 5) is 23.1. The van der Waals surface area contributed by atoms with E-state index in [-0.39, 0.29) is 23.5 Å². The van der Waals surface area contributed by atoms with Crippen LogP contribution in [0.2, 0.25) is 0 Å². The lowest BCUT2D eigenvalue weighted by Crippen LogP contribution is -2.45. The smallest absolute Gasteiger partial charge is 0.216 e. The number of hydrogen-bond donors (Lipinski definition) is 1. The number of aromatic nitrogens is 4. The van der Waals surface area contributed by atoms with E-state index < -0.39 is 0 Å². The molecule has 1 N–H and O–H groups in total. The number of nitrogens with zero attached hydrogens (tertiary/aromatic N) is 5. The maximum atomic E-state index is 11.2. The van der Waals surface area contributed by atoms with Crippen LogP contribution >= 0.6 is 0 Å². The number of nitrogens with one attached hydrogen (secondary N) is 1. The Bertz CT molecular complexity index is 869. The van der Waals surface area contributed by atoms with E-state index in [0.717, 1.165) is 61.4 Å². The molecule has 0 aliphatic carbocycles. The molecule has 1 spiro atoms. The molecule has 2 fully saturated rings. The van der Waals surface area contributed by atoms with E-state index in [0.29, 0.717) is 6.54 Å². The van der Waals surface area contributed by atoms with Crippen LogP contribution in [0.4, 0.5) is 5.82 Å². The third-order valence-corrected chi connectivity index (χ3v) is 6.00. The molecule has 152 valence electrons. The van der Waals surface area contributed by atoms with Crippen molar-refractivity contribution in [2.24, 2.45) is 7.05 Å². The second-order valence-electron chi connectivity index (χ2n) is 8.45. The van der Waals surface area contributed by atoms with E-state index in [1.54, 1.807) is 6.92 Å². The maximum absolute atomic E-state index is 11.2. The number of carbonyl (C=O) groups is 1. The van der Waals surface area contributed by atoms with Crippen LogP contribution in [0, 0.1) is 0 Å². The van der Waals surface area contributed by atoms with Crippen molar-refractivity contribution in [3.05, 3.63) is 12.0 Å². The standard InChI is InChI=1S/C20H30N6O2/c1-13(2)17-23-18-16(12-22-25(18)4)19(24-17)26-9-7-20(8-10-26)6-5-15(28-20)11-21-14(3)27/h12-13,15H,5-11H2,1-4H3,(H,21,27)/t15-/m0/s1. The first-order chi connectivity index (χ1) is 13.4. The summed E-state index contributed by atoms with van der Waals surface area (Å²) >= 11 is 0. The lowest BCUT2D eigenvalue weighted by molar-refractivity contribution is -0.120. The Morgan fingerprint density at radius 1 is 1.32 bits per heavy atom. The van der Waals surface area contributed by atoms with Gasteiger partial charge in [0.1, 0.15) is 11.6 Å². The number of piperidine rings is 1. The Morgan fingerprint density at radius 3 is 2.75 bits per heavy atom. The second-order valence-corrected chi connectivity index (χ2v) is 8.45. The molecule has 8 nitrogen and oxygen atoms in total. The summed E-state index contributed by atoms with van der Waals surface area (Å²) in [5, 5.41) is 8.29. The highest BCUT2D eigenvalue weighted by Crippen LogP contribution is 2.40. The average molecular weight is 387 g/mol. The summed E-state index contributed by atoms with van der Waals surface area (Å²) in [7, 11) is 1.93. The molecule has 0 aromatic carbocycles. The zero-order chi connectivity index (χ0) is 19.9. The van der Waals surface area contributed by atoms with Crippen molar-refractivity contribution in [1.29, 1.82) is 0 Å². The average Bonchev–Trinajstić information content (AvgIpc) is 3.24. The van der Waals surface area contributed by atoms with Crippen molar-refractivity contribution in [2.75, 3.05) is 24.5 Å². The zero-order valence-corrected chi connectivity index (χ0v) is 17.2. The molecule has 2 aromatic rings. The van der Waals surface area contributed by atoms with Gasteiger partial charge in [0.25, 0.3) is 0 Å². The first kappa shape index (κ1) is 19.1. The quantitative estimate of drug-likeness (QED) is 0.867. The number of aryl methyl sites for hydroxylation is 1. The maximum Gasteiger partial charge on any atom is 0.216 e. The highest BCUT2D eigenvalue weighted by molar-refractivity contribution is 5.87. The van der Waals surface area contributed by atoms with Gasteiger partial charge >= 0.3 is 0 Å². The lowest BCUT2D eigenvalue weighted by atomic mass is 9.88. The van der Waals surface area contributed by atoms with Gasteiger partial charge < -0.3 is 15.0 Å². The monoisotopic (exact) mass is 386 g/mol. The highest BCUT2D eigenvalue weighted by atomic mass is 16.5. The van der Waals surface area contributed by atoms with Crippen molar-refractivity contribution in [3.8, 4) is 0 Å². The fourth-order valence-electron chi connectivity index (χ4n) is 4.31. The molecule has 2 aliphatic rings. The largest absolute Gasteiger partial charge is 0.370 e. The summed E-state index contributed by atoms with van der Waals surface area (Å²) in [6.07, 6.45) is 6.03. The predicted molar refractivity (Wildman–Crippen MR) is 107 cm³/mol. The number of rotatable bonds is 4. The van der Waals surface area contributed by atoms with E-state index in [2.05, 4.69) is 29.2 Å². The number of carbonyl (C=O) groups excluding carboxylic acids is 1. The summed E-state index contributed by atoms with van der Waals surface area (Å²) < 4.78 is 8.21. The van der Waals surface area contributed by atoms with Crippen molar-refractivity contribution >= 4 is 22.8 Å². The molecule has 1 atom stereocenters. The van der Waals surface area contributed by atoms with Crippen LogP contribution in [0.3, 0.4) is 0 Å². The van der Waals surface area contributed by atoms with Gasteiger partial charge in [-0.2, -0.15) is 5.10 Å². The molecule has 28 heavy (non-hydrogen) atoms. The Hall–Kier alpha value is -2.22. The molecule has 4 rings (SSSR count). The molecule has 0 unspecified atom stereocenters. The SMILES string of the molecule is CC(=O)NC[C@@H]1CCC2(CCN(c3nc(C(C)C)nc4c3cnn4C)CC2)O1. The molecule has 2 aliphatic heterocycles. The Labute approximate surface area is 165 Å². The number of hydrogen-bond acceptors (Lipinski definition) is 6. The molecule has 2 aromatic heterocycles. The molecule has 1 amide bonds. The van der Waals surface area contributed by atoms with Crippen LogP contribution in [0.1, 0.15) is 58.2 Å². The molecular weight excluding hydrogens is 356 g/mol. The number of fused-ring (bicyclic) bond motifs is 1. The third kappa shape index (κ3) is 3.57. The summed E-state index contributed by atoms with van der Waals surface area (Å²) in [6.45, 7) is 8.22. The number of ether oxygens (including phenoxy) is 1. The topological polar surface area (TPSA) is 85.2 Å². The minimum absolute atomic E-state index is 0.00424. The summed E-state index contributed by atoms with van der Waals surface area (Å²) in [6, 6.07) is 0. The number of anilines is 1. The third-order valence-electron chi connectivity index (χ3n) is 6.00. The molecule has 2 saturated heterocycles. The first-order valence-electron chi connectivity index (χ1n) is 10.2. The van der Waals surface area contributed by atoms with Crippen LogP contribution in [0.15, 0.2) is 6.20 Å². The first-order valence-corrected chi connectivity index (χ1v) is 10.2. The van der Waals surface area contributed by atoms with Gasteiger partial charge in [0.05, 0.1) is 23.3 Å². The zero-order valence-electron chi connectivity index (χ0n) is 17.2. The Kier molecular flexibility index (Phi) is 4.99. The minimum atomic E-state index is -0.0540. The van der Waals surface area contributed by atoms with Crippen molar-refractivity contribution in [3.63, 3.8) is 0 Å². The van der Waals surface area contributed by atoms with E-state index in [1.807, 2.05) is 17.9 Å². The van der Waals surface area contributed by atoms with Gasteiger partial charge in [-0.25, -0.2) is 9.97 Å². The van der Waals surface area contributed by atoms with Crippen LogP contribution in [0.5, 0.6) is 0 Å². The summed E-state index contributed by atoms with van der Waals surface area (Å²) in [5.74, 6) is 2.12. The van der Waals surface area contributed by atoms with Gasteiger partial charge in [-0.15, -0.1) is 0 Å². The minimum Gasteiger partial charge on any atom is -0.370 e. The fourth-order valence-corrected chi connectivity index (χ4v) is 4.31. The van der Waals surface area contributed by atoms with Crippen molar-refractivity contribution in [1.82, 2.24) is 25.1 Å². The predicted octanol–water partition coefficient (Wildman–Crippen LogP) is 2.14. The normalized spacial score (nSPS) is 21.8. The van der Waals surface area contributed by atoms with Gasteiger partial charge in [-0.05, 0) is 25.7 Å². The molecule has 4 heterocycles. The van der Waals surface area contributed by atoms with Crippen molar-refractivity contribution in [2.45, 2.75) is 64.1 Å². The molecule has 8 heteroatoms.